The summed E-state index contributed by atoms with van der Waals surface area (Å²) in [6.45, 7) is 1.64. The van der Waals surface area contributed by atoms with Gasteiger partial charge in [0.1, 0.15) is 5.82 Å². The number of rotatable bonds is 4. The lowest BCUT2D eigenvalue weighted by atomic mass is 9.93. The molecule has 3 heterocycles. The molecule has 0 aliphatic carbocycles. The van der Waals surface area contributed by atoms with Crippen LogP contribution in [0, 0.1) is 5.92 Å². The molecular weight excluding hydrogens is 332 g/mol. The fourth-order valence-corrected chi connectivity index (χ4v) is 3.96. The molecule has 3 aromatic rings. The molecule has 1 saturated heterocycles. The van der Waals surface area contributed by atoms with E-state index in [4.69, 9.17) is 0 Å². The van der Waals surface area contributed by atoms with Crippen LogP contribution in [0.15, 0.2) is 47.8 Å². The number of likely N-dealkylation sites (tertiary alicyclic amines) is 1. The summed E-state index contributed by atoms with van der Waals surface area (Å²) < 4.78 is 0. The van der Waals surface area contributed by atoms with E-state index in [1.54, 1.807) is 0 Å². The number of carbonyl (C=O) groups excluding carboxylic acids is 1. The van der Waals surface area contributed by atoms with Crippen molar-refractivity contribution in [2.24, 2.45) is 5.92 Å². The molecule has 2 aromatic heterocycles. The highest BCUT2D eigenvalue weighted by atomic mass is 32.1. The molecule has 0 spiro atoms. The van der Waals surface area contributed by atoms with Crippen LogP contribution in [0.3, 0.4) is 0 Å². The first-order chi connectivity index (χ1) is 12.3. The first-order valence-corrected chi connectivity index (χ1v) is 9.47. The molecule has 5 nitrogen and oxygen atoms in total. The van der Waals surface area contributed by atoms with Crippen LogP contribution >= 0.6 is 11.3 Å². The monoisotopic (exact) mass is 352 g/mol. The SMILES string of the molecule is O=C(c1cccs1)N1CCC(Cc2nc(-c3ccccc3)n[nH]2)CC1. The number of amides is 1. The van der Waals surface area contributed by atoms with Gasteiger partial charge in [0.05, 0.1) is 4.88 Å². The standard InChI is InChI=1S/C19H20N4OS/c24-19(16-7-4-12-25-16)23-10-8-14(9-11-23)13-17-20-18(22-21-17)15-5-2-1-3-6-15/h1-7,12,14H,8-11,13H2,(H,20,21,22). The zero-order valence-corrected chi connectivity index (χ0v) is 14.7. The van der Waals surface area contributed by atoms with E-state index in [9.17, 15) is 4.79 Å². The normalized spacial score (nSPS) is 15.4. The third kappa shape index (κ3) is 3.64. The van der Waals surface area contributed by atoms with Crippen LogP contribution in [-0.2, 0) is 6.42 Å². The van der Waals surface area contributed by atoms with Crippen LogP contribution in [0.4, 0.5) is 0 Å². The molecule has 1 aliphatic rings. The van der Waals surface area contributed by atoms with Gasteiger partial charge in [0, 0.05) is 25.1 Å². The Balaban J connectivity index is 1.33. The Morgan fingerprint density at radius 2 is 1.96 bits per heavy atom. The van der Waals surface area contributed by atoms with Gasteiger partial charge in [-0.3, -0.25) is 9.89 Å². The second-order valence-electron chi connectivity index (χ2n) is 6.39. The maximum Gasteiger partial charge on any atom is 0.263 e. The molecular formula is C19H20N4OS. The summed E-state index contributed by atoms with van der Waals surface area (Å²) in [6.07, 6.45) is 2.91. The molecule has 128 valence electrons. The minimum atomic E-state index is 0.166. The number of hydrogen-bond acceptors (Lipinski definition) is 4. The smallest absolute Gasteiger partial charge is 0.263 e. The summed E-state index contributed by atoms with van der Waals surface area (Å²) in [6, 6.07) is 13.8. The van der Waals surface area contributed by atoms with Gasteiger partial charge >= 0.3 is 0 Å². The number of piperidine rings is 1. The number of nitrogens with one attached hydrogen (secondary N) is 1. The molecule has 1 N–H and O–H groups in total. The van der Waals surface area contributed by atoms with Gasteiger partial charge in [0.15, 0.2) is 5.82 Å². The second-order valence-corrected chi connectivity index (χ2v) is 7.34. The molecule has 6 heteroatoms. The van der Waals surface area contributed by atoms with Gasteiger partial charge in [-0.05, 0) is 30.2 Å². The van der Waals surface area contributed by atoms with E-state index in [0.717, 1.165) is 54.4 Å². The van der Waals surface area contributed by atoms with Crippen molar-refractivity contribution in [3.8, 4) is 11.4 Å². The first-order valence-electron chi connectivity index (χ1n) is 8.59. The Hall–Kier alpha value is -2.47. The van der Waals surface area contributed by atoms with Crippen LogP contribution in [-0.4, -0.2) is 39.1 Å². The molecule has 0 bridgehead atoms. The van der Waals surface area contributed by atoms with Crippen LogP contribution in [0.1, 0.15) is 28.3 Å². The number of H-pyrrole nitrogens is 1. The Bertz CT molecular complexity index is 820. The van der Waals surface area contributed by atoms with Crippen molar-refractivity contribution < 1.29 is 4.79 Å². The lowest BCUT2D eigenvalue weighted by Crippen LogP contribution is -2.38. The lowest BCUT2D eigenvalue weighted by Gasteiger charge is -2.31. The van der Waals surface area contributed by atoms with E-state index < -0.39 is 0 Å². The van der Waals surface area contributed by atoms with Crippen molar-refractivity contribution in [2.45, 2.75) is 19.3 Å². The Labute approximate surface area is 150 Å². The van der Waals surface area contributed by atoms with E-state index in [2.05, 4.69) is 15.2 Å². The number of hydrogen-bond donors (Lipinski definition) is 1. The predicted octanol–water partition coefficient (Wildman–Crippen LogP) is 3.63. The fourth-order valence-electron chi connectivity index (χ4n) is 3.27. The predicted molar refractivity (Wildman–Crippen MR) is 98.5 cm³/mol. The van der Waals surface area contributed by atoms with Crippen LogP contribution in [0.5, 0.6) is 0 Å². The van der Waals surface area contributed by atoms with Gasteiger partial charge < -0.3 is 4.90 Å². The Morgan fingerprint density at radius 3 is 2.68 bits per heavy atom. The Morgan fingerprint density at radius 1 is 1.16 bits per heavy atom. The van der Waals surface area contributed by atoms with Gasteiger partial charge in [-0.1, -0.05) is 36.4 Å². The number of thiophene rings is 1. The van der Waals surface area contributed by atoms with Gasteiger partial charge in [-0.25, -0.2) is 4.98 Å². The average Bonchev–Trinajstić information content (AvgIpc) is 3.35. The quantitative estimate of drug-likeness (QED) is 0.780. The van der Waals surface area contributed by atoms with E-state index >= 15 is 0 Å². The number of benzene rings is 1. The molecule has 4 rings (SSSR count). The van der Waals surface area contributed by atoms with Crippen LogP contribution in [0.25, 0.3) is 11.4 Å². The summed E-state index contributed by atoms with van der Waals surface area (Å²) in [5.41, 5.74) is 1.03. The third-order valence-corrected chi connectivity index (χ3v) is 5.54. The zero-order chi connectivity index (χ0) is 17.1. The minimum Gasteiger partial charge on any atom is -0.338 e. The van der Waals surface area contributed by atoms with Crippen molar-refractivity contribution in [3.05, 3.63) is 58.5 Å². The maximum atomic E-state index is 12.4. The largest absolute Gasteiger partial charge is 0.338 e. The van der Waals surface area contributed by atoms with Crippen LogP contribution < -0.4 is 0 Å². The molecule has 0 saturated carbocycles. The summed E-state index contributed by atoms with van der Waals surface area (Å²) in [5, 5.41) is 9.35. The van der Waals surface area contributed by atoms with Crippen molar-refractivity contribution in [1.29, 1.82) is 0 Å². The van der Waals surface area contributed by atoms with E-state index in [0.29, 0.717) is 5.92 Å². The van der Waals surface area contributed by atoms with Crippen molar-refractivity contribution >= 4 is 17.2 Å². The average molecular weight is 352 g/mol. The van der Waals surface area contributed by atoms with E-state index in [-0.39, 0.29) is 5.91 Å². The summed E-state index contributed by atoms with van der Waals surface area (Å²) in [4.78, 5) is 19.8. The number of aromatic nitrogens is 3. The van der Waals surface area contributed by atoms with E-state index in [1.165, 1.54) is 11.3 Å². The number of carbonyl (C=O) groups is 1. The van der Waals surface area contributed by atoms with Crippen molar-refractivity contribution in [1.82, 2.24) is 20.1 Å². The zero-order valence-electron chi connectivity index (χ0n) is 13.9. The highest BCUT2D eigenvalue weighted by Gasteiger charge is 2.25. The van der Waals surface area contributed by atoms with E-state index in [1.807, 2.05) is 52.7 Å². The molecule has 1 aromatic carbocycles. The molecule has 0 atom stereocenters. The number of aromatic amines is 1. The topological polar surface area (TPSA) is 61.9 Å². The van der Waals surface area contributed by atoms with Gasteiger partial charge in [-0.2, -0.15) is 5.10 Å². The molecule has 1 amide bonds. The third-order valence-electron chi connectivity index (χ3n) is 4.68. The first kappa shape index (κ1) is 16.0. The molecule has 25 heavy (non-hydrogen) atoms. The maximum absolute atomic E-state index is 12.4. The Kier molecular flexibility index (Phi) is 4.61. The van der Waals surface area contributed by atoms with Gasteiger partial charge in [0.25, 0.3) is 5.91 Å². The molecule has 1 aliphatic heterocycles. The summed E-state index contributed by atoms with van der Waals surface area (Å²) in [7, 11) is 0. The highest BCUT2D eigenvalue weighted by molar-refractivity contribution is 7.12. The highest BCUT2D eigenvalue weighted by Crippen LogP contribution is 2.23. The molecule has 0 unspecified atom stereocenters. The van der Waals surface area contributed by atoms with Crippen LogP contribution in [0.2, 0.25) is 0 Å². The summed E-state index contributed by atoms with van der Waals surface area (Å²) in [5.74, 6) is 2.39. The minimum absolute atomic E-state index is 0.166. The van der Waals surface area contributed by atoms with Crippen molar-refractivity contribution in [2.75, 3.05) is 13.1 Å². The molecule has 1 fully saturated rings. The fraction of sp³-hybridized carbons (Fsp3) is 0.316. The van der Waals surface area contributed by atoms with Crippen molar-refractivity contribution in [3.63, 3.8) is 0 Å². The second kappa shape index (κ2) is 7.19. The number of nitrogens with zero attached hydrogens (tertiary/aromatic N) is 3. The molecule has 0 radical (unpaired) electrons. The lowest BCUT2D eigenvalue weighted by molar-refractivity contribution is 0.0695. The van der Waals surface area contributed by atoms with Gasteiger partial charge in [0.2, 0.25) is 0 Å². The van der Waals surface area contributed by atoms with Gasteiger partial charge in [-0.15, -0.1) is 11.3 Å². The summed E-state index contributed by atoms with van der Waals surface area (Å²) >= 11 is 1.51.